The third-order valence-corrected chi connectivity index (χ3v) is 6.69. The number of nitrogens with one attached hydrogen (secondary N) is 1. The Balaban J connectivity index is 1.73. The number of fused-ring (bicyclic) bond motifs is 2. The van der Waals surface area contributed by atoms with Gasteiger partial charge in [-0.15, -0.1) is 11.6 Å². The number of amides is 1. The summed E-state index contributed by atoms with van der Waals surface area (Å²) in [6, 6.07) is 12.6. The monoisotopic (exact) mass is 550 g/mol. The smallest absolute Gasteiger partial charge is 0.336 e. The van der Waals surface area contributed by atoms with Crippen LogP contribution in [-0.2, 0) is 16.0 Å². The van der Waals surface area contributed by atoms with E-state index in [9.17, 15) is 29.4 Å². The Morgan fingerprint density at radius 2 is 1.77 bits per heavy atom. The van der Waals surface area contributed by atoms with Crippen LogP contribution < -0.4 is 16.5 Å². The molecule has 2 aromatic rings. The molecule has 1 amide bonds. The minimum atomic E-state index is -1.22. The van der Waals surface area contributed by atoms with Crippen molar-refractivity contribution in [3.8, 4) is 28.2 Å². The van der Waals surface area contributed by atoms with Crippen LogP contribution in [0, 0.1) is 0 Å². The Morgan fingerprint density at radius 3 is 2.49 bits per heavy atom. The van der Waals surface area contributed by atoms with Crippen molar-refractivity contribution in [1.29, 1.82) is 0 Å². The highest BCUT2D eigenvalue weighted by molar-refractivity contribution is 6.28. The quantitative estimate of drug-likeness (QED) is 0.124. The van der Waals surface area contributed by atoms with Gasteiger partial charge in [-0.1, -0.05) is 12.1 Å². The van der Waals surface area contributed by atoms with Crippen LogP contribution in [-0.4, -0.2) is 46.3 Å². The van der Waals surface area contributed by atoms with Gasteiger partial charge in [0.1, 0.15) is 17.1 Å². The molecule has 0 fully saturated rings. The van der Waals surface area contributed by atoms with Crippen LogP contribution in [0.3, 0.4) is 0 Å². The van der Waals surface area contributed by atoms with Gasteiger partial charge in [0, 0.05) is 28.6 Å². The number of ketones is 1. The van der Waals surface area contributed by atoms with Gasteiger partial charge in [0.25, 0.3) is 0 Å². The predicted molar refractivity (Wildman–Crippen MR) is 147 cm³/mol. The summed E-state index contributed by atoms with van der Waals surface area (Å²) in [7, 11) is 0. The van der Waals surface area contributed by atoms with E-state index in [1.54, 1.807) is 24.3 Å². The molecule has 0 radical (unpaired) electrons. The number of hydrogen-bond donors (Lipinski definition) is 4. The van der Waals surface area contributed by atoms with Gasteiger partial charge in [-0.05, 0) is 67.3 Å². The van der Waals surface area contributed by atoms with Crippen molar-refractivity contribution in [1.82, 2.24) is 5.32 Å². The van der Waals surface area contributed by atoms with Crippen molar-refractivity contribution in [3.05, 3.63) is 75.9 Å². The summed E-state index contributed by atoms with van der Waals surface area (Å²) in [6.07, 6.45) is 1.62. The van der Waals surface area contributed by atoms with Crippen molar-refractivity contribution >= 4 is 40.2 Å². The molecule has 5 N–H and O–H groups in total. The number of benzene rings is 3. The Morgan fingerprint density at radius 1 is 1.00 bits per heavy atom. The second kappa shape index (κ2) is 12.1. The van der Waals surface area contributed by atoms with E-state index in [0.717, 1.165) is 0 Å². The fourth-order valence-electron chi connectivity index (χ4n) is 4.58. The second-order valence-electron chi connectivity index (χ2n) is 9.18. The predicted octanol–water partition coefficient (Wildman–Crippen LogP) is 3.93. The van der Waals surface area contributed by atoms with Gasteiger partial charge in [-0.2, -0.15) is 0 Å². The van der Waals surface area contributed by atoms with Gasteiger partial charge in [-0.3, -0.25) is 14.4 Å². The summed E-state index contributed by atoms with van der Waals surface area (Å²) in [4.78, 5) is 49.4. The summed E-state index contributed by atoms with van der Waals surface area (Å²) in [5, 5.41) is 23.3. The summed E-state index contributed by atoms with van der Waals surface area (Å²) in [6.45, 7) is 0.472. The van der Waals surface area contributed by atoms with Crippen LogP contribution >= 0.6 is 11.6 Å². The van der Waals surface area contributed by atoms with Crippen molar-refractivity contribution in [2.45, 2.75) is 31.7 Å². The molecule has 0 spiro atoms. The summed E-state index contributed by atoms with van der Waals surface area (Å²) in [5.41, 5.74) is 7.24. The van der Waals surface area contributed by atoms with E-state index in [0.29, 0.717) is 53.4 Å². The molecular formula is C29H27ClN2O7. The van der Waals surface area contributed by atoms with Crippen molar-refractivity contribution in [3.63, 3.8) is 0 Å². The average molecular weight is 551 g/mol. The van der Waals surface area contributed by atoms with Crippen LogP contribution in [0.1, 0.15) is 35.2 Å². The number of carbonyl (C=O) groups is 3. The molecule has 1 atom stereocenters. The molecule has 4 rings (SSSR count). The molecule has 2 aromatic carbocycles. The van der Waals surface area contributed by atoms with Gasteiger partial charge < -0.3 is 25.7 Å². The topological polar surface area (TPSA) is 160 Å². The lowest BCUT2D eigenvalue weighted by Gasteiger charge is -2.18. The molecule has 2 aliphatic rings. The first-order valence-corrected chi connectivity index (χ1v) is 12.9. The van der Waals surface area contributed by atoms with Gasteiger partial charge in [0.15, 0.2) is 11.2 Å². The molecule has 0 aromatic heterocycles. The maximum Gasteiger partial charge on any atom is 0.336 e. The molecule has 1 aliphatic carbocycles. The van der Waals surface area contributed by atoms with Crippen molar-refractivity contribution in [2.75, 3.05) is 12.4 Å². The van der Waals surface area contributed by atoms with Crippen molar-refractivity contribution in [2.24, 2.45) is 5.73 Å². The van der Waals surface area contributed by atoms with E-state index in [1.807, 2.05) is 0 Å². The zero-order valence-electron chi connectivity index (χ0n) is 20.9. The number of hydrogen-bond acceptors (Lipinski definition) is 7. The molecule has 1 aliphatic heterocycles. The Kier molecular flexibility index (Phi) is 8.63. The van der Waals surface area contributed by atoms with E-state index < -0.39 is 17.9 Å². The number of carboxylic acid groups (broad SMARTS) is 1. The summed E-state index contributed by atoms with van der Waals surface area (Å²) in [5.74, 6) is -2.01. The first-order valence-electron chi connectivity index (χ1n) is 12.4. The number of aromatic hydroxyl groups is 1. The van der Waals surface area contributed by atoms with Crippen LogP contribution in [0.25, 0.3) is 33.4 Å². The minimum absolute atomic E-state index is 0.0522. The van der Waals surface area contributed by atoms with Crippen LogP contribution in [0.5, 0.6) is 5.75 Å². The SMILES string of the molecule is NCCCCC(NC(=O)Cc1ccc(-c2c3ccc(=O)cc-3oc3cc(O)ccc23)c(C(=O)O)c1)C(=O)CCl. The Bertz CT molecular complexity index is 1580. The van der Waals surface area contributed by atoms with Gasteiger partial charge in [-0.25, -0.2) is 4.79 Å². The molecule has 1 unspecified atom stereocenters. The lowest BCUT2D eigenvalue weighted by molar-refractivity contribution is -0.126. The number of unbranched alkanes of at least 4 members (excludes halogenated alkanes) is 1. The fourth-order valence-corrected chi connectivity index (χ4v) is 4.76. The molecular weight excluding hydrogens is 524 g/mol. The maximum absolute atomic E-state index is 12.8. The number of alkyl halides is 1. The number of nitrogens with two attached hydrogens (primary N) is 1. The lowest BCUT2D eigenvalue weighted by Crippen LogP contribution is -2.42. The highest BCUT2D eigenvalue weighted by Gasteiger charge is 2.24. The average Bonchev–Trinajstić information content (AvgIpc) is 2.90. The molecule has 10 heteroatoms. The normalized spacial score (nSPS) is 11.9. The number of halogens is 1. The zero-order chi connectivity index (χ0) is 28.1. The first-order chi connectivity index (χ1) is 18.7. The maximum atomic E-state index is 12.8. The molecule has 0 saturated heterocycles. The lowest BCUT2D eigenvalue weighted by atomic mass is 9.89. The molecule has 9 nitrogen and oxygen atoms in total. The molecule has 0 bridgehead atoms. The second-order valence-corrected chi connectivity index (χ2v) is 9.45. The number of carbonyl (C=O) groups excluding carboxylic acids is 2. The van der Waals surface area contributed by atoms with E-state index in [1.165, 1.54) is 30.3 Å². The van der Waals surface area contributed by atoms with E-state index in [4.69, 9.17) is 21.8 Å². The molecule has 0 saturated carbocycles. The number of phenols is 1. The largest absolute Gasteiger partial charge is 0.508 e. The van der Waals surface area contributed by atoms with E-state index in [-0.39, 0.29) is 46.2 Å². The first kappa shape index (κ1) is 27.8. The molecule has 1 heterocycles. The Hall–Kier alpha value is -4.21. The van der Waals surface area contributed by atoms with Gasteiger partial charge in [0.05, 0.1) is 23.9 Å². The molecule has 202 valence electrons. The minimum Gasteiger partial charge on any atom is -0.508 e. The summed E-state index contributed by atoms with van der Waals surface area (Å²) < 4.78 is 5.84. The van der Waals surface area contributed by atoms with Crippen LogP contribution in [0.15, 0.2) is 63.8 Å². The third kappa shape index (κ3) is 6.27. The highest BCUT2D eigenvalue weighted by atomic mass is 35.5. The number of rotatable bonds is 11. The number of aromatic carboxylic acids is 1. The van der Waals surface area contributed by atoms with Crippen molar-refractivity contribution < 1.29 is 29.0 Å². The summed E-state index contributed by atoms with van der Waals surface area (Å²) >= 11 is 5.71. The van der Waals surface area contributed by atoms with Crippen LogP contribution in [0.2, 0.25) is 0 Å². The standard InChI is InChI=1S/C29H27ClN2O7/c30-15-24(35)23(3-1-2-10-31)32-27(36)12-16-4-7-19(22(11-16)29(37)38)28-20-8-5-17(33)13-25(20)39-26-14-18(34)6-9-21(26)28/h4-9,11,13-14,23,33H,1-3,10,12,15,31H2,(H,32,36)(H,37,38). The fraction of sp³-hybridized carbons (Fsp3) is 0.241. The van der Waals surface area contributed by atoms with Crippen LogP contribution in [0.4, 0.5) is 0 Å². The van der Waals surface area contributed by atoms with E-state index >= 15 is 0 Å². The van der Waals surface area contributed by atoms with E-state index in [2.05, 4.69) is 5.32 Å². The highest BCUT2D eigenvalue weighted by Crippen LogP contribution is 2.42. The zero-order valence-corrected chi connectivity index (χ0v) is 21.7. The third-order valence-electron chi connectivity index (χ3n) is 6.43. The number of Topliss-reactive ketones (excluding diaryl/α,β-unsaturated/α-hetero) is 1. The molecule has 39 heavy (non-hydrogen) atoms. The number of carboxylic acids is 1. The van der Waals surface area contributed by atoms with Gasteiger partial charge in [0.2, 0.25) is 5.91 Å². The number of phenolic OH excluding ortho intramolecular Hbond substituents is 1. The van der Waals surface area contributed by atoms with Gasteiger partial charge >= 0.3 is 5.97 Å². The Labute approximate surface area is 228 Å².